The zero-order valence-corrected chi connectivity index (χ0v) is 15.2. The van der Waals surface area contributed by atoms with E-state index in [1.54, 1.807) is 48.5 Å². The lowest BCUT2D eigenvalue weighted by Crippen LogP contribution is -2.33. The largest absolute Gasteiger partial charge is 0.497 e. The summed E-state index contributed by atoms with van der Waals surface area (Å²) >= 11 is 0. The van der Waals surface area contributed by atoms with Gasteiger partial charge in [0.05, 0.1) is 31.2 Å². The first kappa shape index (κ1) is 18.8. The van der Waals surface area contributed by atoms with Gasteiger partial charge in [0.25, 0.3) is 10.0 Å². The summed E-state index contributed by atoms with van der Waals surface area (Å²) in [6, 6.07) is 13.2. The molecule has 0 N–H and O–H groups in total. The van der Waals surface area contributed by atoms with Gasteiger partial charge in [0.15, 0.2) is 0 Å². The highest BCUT2D eigenvalue weighted by Gasteiger charge is 2.25. The van der Waals surface area contributed by atoms with Crippen LogP contribution in [0.1, 0.15) is 12.0 Å². The standard InChI is InChI=1S/C18H21NO5S/c1-14-4-10-17(11-5-14)25(21,22)19(13-12-18(20)24-3)15-6-8-16(23-2)9-7-15/h4-11H,12-13H2,1-3H3. The second-order valence-electron chi connectivity index (χ2n) is 5.41. The minimum absolute atomic E-state index is 0.0186. The van der Waals surface area contributed by atoms with E-state index in [0.717, 1.165) is 5.56 Å². The summed E-state index contributed by atoms with van der Waals surface area (Å²) in [6.07, 6.45) is -0.0480. The SMILES string of the molecule is COC(=O)CCN(c1ccc(OC)cc1)S(=O)(=O)c1ccc(C)cc1. The van der Waals surface area contributed by atoms with Crippen molar-refractivity contribution >= 4 is 21.7 Å². The molecule has 2 aromatic carbocycles. The first-order valence-electron chi connectivity index (χ1n) is 7.69. The molecule has 0 fully saturated rings. The lowest BCUT2D eigenvalue weighted by Gasteiger charge is -2.24. The average Bonchev–Trinajstić information content (AvgIpc) is 2.62. The maximum Gasteiger partial charge on any atom is 0.307 e. The smallest absolute Gasteiger partial charge is 0.307 e. The molecule has 0 atom stereocenters. The predicted molar refractivity (Wildman–Crippen MR) is 95.3 cm³/mol. The molecule has 6 nitrogen and oxygen atoms in total. The Morgan fingerprint density at radius 1 is 1.00 bits per heavy atom. The van der Waals surface area contributed by atoms with E-state index in [4.69, 9.17) is 4.74 Å². The number of nitrogens with zero attached hydrogens (tertiary/aromatic N) is 1. The number of ether oxygens (including phenoxy) is 2. The molecule has 0 aliphatic heterocycles. The lowest BCUT2D eigenvalue weighted by atomic mass is 10.2. The molecular weight excluding hydrogens is 342 g/mol. The molecule has 0 aromatic heterocycles. The highest BCUT2D eigenvalue weighted by Crippen LogP contribution is 2.26. The minimum Gasteiger partial charge on any atom is -0.497 e. The number of aryl methyl sites for hydroxylation is 1. The van der Waals surface area contributed by atoms with Crippen LogP contribution in [0.25, 0.3) is 0 Å². The van der Waals surface area contributed by atoms with Gasteiger partial charge in [0.2, 0.25) is 0 Å². The minimum atomic E-state index is -3.81. The highest BCUT2D eigenvalue weighted by molar-refractivity contribution is 7.92. The number of hydrogen-bond acceptors (Lipinski definition) is 5. The molecule has 25 heavy (non-hydrogen) atoms. The van der Waals surface area contributed by atoms with Crippen LogP contribution in [-0.2, 0) is 19.6 Å². The Labute approximate surface area is 148 Å². The van der Waals surface area contributed by atoms with Crippen LogP contribution < -0.4 is 9.04 Å². The van der Waals surface area contributed by atoms with Gasteiger partial charge in [-0.2, -0.15) is 0 Å². The molecular formula is C18H21NO5S. The highest BCUT2D eigenvalue weighted by atomic mass is 32.2. The number of sulfonamides is 1. The monoisotopic (exact) mass is 363 g/mol. The summed E-state index contributed by atoms with van der Waals surface area (Å²) in [7, 11) is -1.00. The third-order valence-corrected chi connectivity index (χ3v) is 5.56. The van der Waals surface area contributed by atoms with Gasteiger partial charge in [-0.05, 0) is 43.3 Å². The van der Waals surface area contributed by atoms with Crippen LogP contribution in [0.5, 0.6) is 5.75 Å². The van der Waals surface area contributed by atoms with E-state index >= 15 is 0 Å². The Morgan fingerprint density at radius 3 is 2.12 bits per heavy atom. The van der Waals surface area contributed by atoms with E-state index in [9.17, 15) is 13.2 Å². The number of benzene rings is 2. The quantitative estimate of drug-likeness (QED) is 0.707. The van der Waals surface area contributed by atoms with E-state index < -0.39 is 16.0 Å². The number of carbonyl (C=O) groups excluding carboxylic acids is 1. The number of esters is 1. The first-order chi connectivity index (χ1) is 11.9. The summed E-state index contributed by atoms with van der Waals surface area (Å²) in [4.78, 5) is 11.7. The normalized spacial score (nSPS) is 11.0. The zero-order chi connectivity index (χ0) is 18.4. The van der Waals surface area contributed by atoms with Crippen molar-refractivity contribution in [3.8, 4) is 5.75 Å². The van der Waals surface area contributed by atoms with E-state index in [-0.39, 0.29) is 17.9 Å². The second-order valence-corrected chi connectivity index (χ2v) is 7.28. The Hall–Kier alpha value is -2.54. The van der Waals surface area contributed by atoms with Crippen molar-refractivity contribution in [2.45, 2.75) is 18.2 Å². The van der Waals surface area contributed by atoms with Crippen molar-refractivity contribution in [1.29, 1.82) is 0 Å². The van der Waals surface area contributed by atoms with Crippen molar-refractivity contribution in [3.05, 3.63) is 54.1 Å². The molecule has 0 saturated carbocycles. The summed E-state index contributed by atoms with van der Waals surface area (Å²) in [5, 5.41) is 0. The Kier molecular flexibility index (Phi) is 6.03. The van der Waals surface area contributed by atoms with Gasteiger partial charge in [0.1, 0.15) is 5.75 Å². The molecule has 0 aliphatic rings. The predicted octanol–water partition coefficient (Wildman–Crippen LogP) is 2.76. The third kappa shape index (κ3) is 4.51. The molecule has 0 unspecified atom stereocenters. The molecule has 0 heterocycles. The fourth-order valence-electron chi connectivity index (χ4n) is 2.27. The van der Waals surface area contributed by atoms with Gasteiger partial charge in [-0.15, -0.1) is 0 Å². The zero-order valence-electron chi connectivity index (χ0n) is 14.4. The number of anilines is 1. The second kappa shape index (κ2) is 8.02. The maximum atomic E-state index is 13.0. The molecule has 134 valence electrons. The number of carbonyl (C=O) groups is 1. The summed E-state index contributed by atoms with van der Waals surface area (Å²) in [5.74, 6) is 0.141. The molecule has 0 saturated heterocycles. The molecule has 7 heteroatoms. The molecule has 0 bridgehead atoms. The van der Waals surface area contributed by atoms with E-state index in [1.165, 1.54) is 18.5 Å². The lowest BCUT2D eigenvalue weighted by molar-refractivity contribution is -0.140. The topological polar surface area (TPSA) is 72.9 Å². The molecule has 2 aromatic rings. The van der Waals surface area contributed by atoms with Crippen LogP contribution in [0.15, 0.2) is 53.4 Å². The summed E-state index contributed by atoms with van der Waals surface area (Å²) in [6.45, 7) is 1.87. The van der Waals surface area contributed by atoms with Crippen molar-refractivity contribution in [2.75, 3.05) is 25.1 Å². The molecule has 0 spiro atoms. The van der Waals surface area contributed by atoms with E-state index in [0.29, 0.717) is 11.4 Å². The Bertz CT molecular complexity index is 814. The number of methoxy groups -OCH3 is 2. The van der Waals surface area contributed by atoms with Gasteiger partial charge >= 0.3 is 5.97 Å². The third-order valence-electron chi connectivity index (χ3n) is 3.72. The average molecular weight is 363 g/mol. The van der Waals surface area contributed by atoms with Gasteiger partial charge in [-0.25, -0.2) is 8.42 Å². The number of rotatable bonds is 7. The molecule has 0 aliphatic carbocycles. The number of hydrogen-bond donors (Lipinski definition) is 0. The molecule has 2 rings (SSSR count). The fraction of sp³-hybridized carbons (Fsp3) is 0.278. The Morgan fingerprint density at radius 2 is 1.60 bits per heavy atom. The van der Waals surface area contributed by atoms with Crippen LogP contribution in [0, 0.1) is 6.92 Å². The van der Waals surface area contributed by atoms with Gasteiger partial charge in [0, 0.05) is 6.54 Å². The first-order valence-corrected chi connectivity index (χ1v) is 9.13. The Balaban J connectivity index is 2.41. The van der Waals surface area contributed by atoms with Crippen molar-refractivity contribution < 1.29 is 22.7 Å². The molecule has 0 amide bonds. The van der Waals surface area contributed by atoms with Gasteiger partial charge < -0.3 is 9.47 Å². The van der Waals surface area contributed by atoms with Gasteiger partial charge in [-0.1, -0.05) is 17.7 Å². The molecule has 0 radical (unpaired) electrons. The van der Waals surface area contributed by atoms with Gasteiger partial charge in [-0.3, -0.25) is 9.10 Å². The van der Waals surface area contributed by atoms with E-state index in [1.807, 2.05) is 6.92 Å². The van der Waals surface area contributed by atoms with Crippen molar-refractivity contribution in [3.63, 3.8) is 0 Å². The van der Waals surface area contributed by atoms with Crippen molar-refractivity contribution in [1.82, 2.24) is 0 Å². The fourth-order valence-corrected chi connectivity index (χ4v) is 3.73. The van der Waals surface area contributed by atoms with Crippen LogP contribution in [0.4, 0.5) is 5.69 Å². The van der Waals surface area contributed by atoms with Crippen LogP contribution in [0.2, 0.25) is 0 Å². The van der Waals surface area contributed by atoms with Crippen molar-refractivity contribution in [2.24, 2.45) is 0 Å². The summed E-state index contributed by atoms with van der Waals surface area (Å²) in [5.41, 5.74) is 1.41. The van der Waals surface area contributed by atoms with Crippen LogP contribution in [0.3, 0.4) is 0 Å². The van der Waals surface area contributed by atoms with Crippen LogP contribution in [-0.4, -0.2) is 35.2 Å². The van der Waals surface area contributed by atoms with Crippen LogP contribution >= 0.6 is 0 Å². The van der Waals surface area contributed by atoms with E-state index in [2.05, 4.69) is 4.74 Å². The maximum absolute atomic E-state index is 13.0. The summed E-state index contributed by atoms with van der Waals surface area (Å²) < 4.78 is 37.0.